The summed E-state index contributed by atoms with van der Waals surface area (Å²) in [5.74, 6) is 0.268. The predicted octanol–water partition coefficient (Wildman–Crippen LogP) is 2.52. The topological polar surface area (TPSA) is 86.9 Å². The SMILES string of the molecule is Cc1cc(C)c2c(OCC(=O)NCCCn3cnc4ccccc43)nn(C)c2n1. The Morgan fingerprint density at radius 2 is 2.07 bits per heavy atom. The number of para-hydroxylation sites is 2. The second-order valence-corrected chi connectivity index (χ2v) is 7.13. The summed E-state index contributed by atoms with van der Waals surface area (Å²) in [6, 6.07) is 9.99. The van der Waals surface area contributed by atoms with Gasteiger partial charge in [-0.05, 0) is 44.0 Å². The number of nitrogens with zero attached hydrogens (tertiary/aromatic N) is 5. The number of fused-ring (bicyclic) bond motifs is 2. The van der Waals surface area contributed by atoms with Crippen LogP contribution in [0.3, 0.4) is 0 Å². The highest BCUT2D eigenvalue weighted by Gasteiger charge is 2.15. The molecule has 0 radical (unpaired) electrons. The third kappa shape index (κ3) is 3.91. The third-order valence-electron chi connectivity index (χ3n) is 4.85. The molecule has 8 heteroatoms. The molecule has 0 saturated carbocycles. The number of nitrogens with one attached hydrogen (secondary N) is 1. The first-order valence-electron chi connectivity index (χ1n) is 9.63. The summed E-state index contributed by atoms with van der Waals surface area (Å²) >= 11 is 0. The lowest BCUT2D eigenvalue weighted by Crippen LogP contribution is -2.30. The average Bonchev–Trinajstić information content (AvgIpc) is 3.25. The van der Waals surface area contributed by atoms with E-state index in [1.807, 2.05) is 57.6 Å². The zero-order chi connectivity index (χ0) is 20.4. The van der Waals surface area contributed by atoms with E-state index in [1.165, 1.54) is 0 Å². The average molecular weight is 392 g/mol. The van der Waals surface area contributed by atoms with Gasteiger partial charge in [-0.25, -0.2) is 14.6 Å². The maximum Gasteiger partial charge on any atom is 0.258 e. The van der Waals surface area contributed by atoms with Gasteiger partial charge in [0, 0.05) is 25.8 Å². The lowest BCUT2D eigenvalue weighted by Gasteiger charge is -2.08. The number of carbonyl (C=O) groups excluding carboxylic acids is 1. The maximum atomic E-state index is 12.2. The number of imidazole rings is 1. The number of rotatable bonds is 7. The van der Waals surface area contributed by atoms with E-state index >= 15 is 0 Å². The van der Waals surface area contributed by atoms with Crippen LogP contribution >= 0.6 is 0 Å². The summed E-state index contributed by atoms with van der Waals surface area (Å²) < 4.78 is 9.46. The lowest BCUT2D eigenvalue weighted by molar-refractivity contribution is -0.123. The van der Waals surface area contributed by atoms with Crippen LogP contribution in [0.25, 0.3) is 22.1 Å². The molecule has 29 heavy (non-hydrogen) atoms. The van der Waals surface area contributed by atoms with Crippen LogP contribution in [0, 0.1) is 13.8 Å². The summed E-state index contributed by atoms with van der Waals surface area (Å²) in [4.78, 5) is 21.0. The van der Waals surface area contributed by atoms with E-state index in [0.29, 0.717) is 12.4 Å². The van der Waals surface area contributed by atoms with Crippen LogP contribution in [0.5, 0.6) is 5.88 Å². The van der Waals surface area contributed by atoms with Crippen molar-refractivity contribution in [1.29, 1.82) is 0 Å². The first-order valence-corrected chi connectivity index (χ1v) is 9.63. The van der Waals surface area contributed by atoms with Crippen molar-refractivity contribution < 1.29 is 9.53 Å². The molecule has 0 aliphatic carbocycles. The Morgan fingerprint density at radius 3 is 2.93 bits per heavy atom. The molecule has 3 aromatic heterocycles. The minimum absolute atomic E-state index is 0.0760. The molecule has 0 fully saturated rings. The van der Waals surface area contributed by atoms with Gasteiger partial charge in [-0.3, -0.25) is 4.79 Å². The van der Waals surface area contributed by atoms with Crippen LogP contribution in [0.2, 0.25) is 0 Å². The molecule has 150 valence electrons. The van der Waals surface area contributed by atoms with E-state index in [0.717, 1.165) is 46.3 Å². The minimum Gasteiger partial charge on any atom is -0.466 e. The number of pyridine rings is 1. The van der Waals surface area contributed by atoms with Crippen molar-refractivity contribution in [3.8, 4) is 5.88 Å². The molecule has 0 saturated heterocycles. The number of amides is 1. The molecule has 1 N–H and O–H groups in total. The monoisotopic (exact) mass is 392 g/mol. The first-order chi connectivity index (χ1) is 14.0. The van der Waals surface area contributed by atoms with Gasteiger partial charge in [0.05, 0.1) is 22.7 Å². The molecule has 0 aliphatic rings. The van der Waals surface area contributed by atoms with Gasteiger partial charge < -0.3 is 14.6 Å². The minimum atomic E-state index is -0.169. The molecule has 0 aliphatic heterocycles. The second-order valence-electron chi connectivity index (χ2n) is 7.13. The standard InChI is InChI=1S/C21H24N6O2/c1-14-11-15(2)24-20-19(14)21(25-26(20)3)29-12-18(28)22-9-6-10-27-13-23-16-7-4-5-8-17(16)27/h4-5,7-8,11,13H,6,9-10,12H2,1-3H3,(H,22,28). The molecule has 4 aromatic rings. The fourth-order valence-electron chi connectivity index (χ4n) is 3.50. The van der Waals surface area contributed by atoms with E-state index in [-0.39, 0.29) is 12.5 Å². The van der Waals surface area contributed by atoms with Gasteiger partial charge in [-0.1, -0.05) is 12.1 Å². The van der Waals surface area contributed by atoms with Crippen LogP contribution in [-0.2, 0) is 18.4 Å². The molecular weight excluding hydrogens is 368 g/mol. The number of ether oxygens (including phenoxy) is 1. The van der Waals surface area contributed by atoms with Crippen LogP contribution in [0.4, 0.5) is 0 Å². The van der Waals surface area contributed by atoms with Crippen molar-refractivity contribution in [3.05, 3.63) is 47.9 Å². The highest BCUT2D eigenvalue weighted by atomic mass is 16.5. The van der Waals surface area contributed by atoms with E-state index < -0.39 is 0 Å². The first kappa shape index (κ1) is 18.9. The fraction of sp³-hybridized carbons (Fsp3) is 0.333. The lowest BCUT2D eigenvalue weighted by atomic mass is 10.2. The third-order valence-corrected chi connectivity index (χ3v) is 4.85. The summed E-state index contributed by atoms with van der Waals surface area (Å²) in [7, 11) is 1.82. The van der Waals surface area contributed by atoms with Crippen molar-refractivity contribution in [2.24, 2.45) is 7.05 Å². The van der Waals surface area contributed by atoms with E-state index in [1.54, 1.807) is 4.68 Å². The highest BCUT2D eigenvalue weighted by Crippen LogP contribution is 2.26. The quantitative estimate of drug-likeness (QED) is 0.489. The van der Waals surface area contributed by atoms with Crippen molar-refractivity contribution >= 4 is 28.0 Å². The molecule has 3 heterocycles. The van der Waals surface area contributed by atoms with Gasteiger partial charge in [0.2, 0.25) is 5.88 Å². The molecule has 4 rings (SSSR count). The smallest absolute Gasteiger partial charge is 0.258 e. The summed E-state index contributed by atoms with van der Waals surface area (Å²) in [5.41, 5.74) is 4.79. The summed E-state index contributed by atoms with van der Waals surface area (Å²) in [6.45, 7) is 5.22. The fourth-order valence-corrected chi connectivity index (χ4v) is 3.50. The predicted molar refractivity (Wildman–Crippen MR) is 111 cm³/mol. The molecular formula is C21H24N6O2. The van der Waals surface area contributed by atoms with Crippen LogP contribution < -0.4 is 10.1 Å². The molecule has 1 aromatic carbocycles. The number of hydrogen-bond donors (Lipinski definition) is 1. The molecule has 0 spiro atoms. The molecule has 0 bridgehead atoms. The Labute approximate surface area is 168 Å². The molecule has 8 nitrogen and oxygen atoms in total. The zero-order valence-electron chi connectivity index (χ0n) is 16.8. The van der Waals surface area contributed by atoms with E-state index in [2.05, 4.69) is 25.0 Å². The van der Waals surface area contributed by atoms with Crippen molar-refractivity contribution in [3.63, 3.8) is 0 Å². The molecule has 0 atom stereocenters. The van der Waals surface area contributed by atoms with Gasteiger partial charge in [-0.2, -0.15) is 0 Å². The maximum absolute atomic E-state index is 12.2. The Hall–Kier alpha value is -3.42. The van der Waals surface area contributed by atoms with Crippen molar-refractivity contribution in [1.82, 2.24) is 29.6 Å². The normalized spacial score (nSPS) is 11.3. The largest absolute Gasteiger partial charge is 0.466 e. The number of aryl methyl sites for hydroxylation is 4. The Kier molecular flexibility index (Phi) is 5.16. The van der Waals surface area contributed by atoms with Crippen LogP contribution in [0.15, 0.2) is 36.7 Å². The Balaban J connectivity index is 1.29. The number of carbonyl (C=O) groups is 1. The van der Waals surface area contributed by atoms with E-state index in [9.17, 15) is 4.79 Å². The Bertz CT molecular complexity index is 1180. The molecule has 1 amide bonds. The number of benzene rings is 1. The van der Waals surface area contributed by atoms with Crippen molar-refractivity contribution in [2.45, 2.75) is 26.8 Å². The number of hydrogen-bond acceptors (Lipinski definition) is 5. The molecule has 0 unspecified atom stereocenters. The summed E-state index contributed by atoms with van der Waals surface area (Å²) in [5, 5.41) is 8.10. The van der Waals surface area contributed by atoms with Gasteiger partial charge in [0.1, 0.15) is 0 Å². The number of aromatic nitrogens is 5. The summed E-state index contributed by atoms with van der Waals surface area (Å²) in [6.07, 6.45) is 2.64. The second kappa shape index (κ2) is 7.90. The van der Waals surface area contributed by atoms with E-state index in [4.69, 9.17) is 4.74 Å². The van der Waals surface area contributed by atoms with Gasteiger partial charge >= 0.3 is 0 Å². The van der Waals surface area contributed by atoms with Crippen LogP contribution in [0.1, 0.15) is 17.7 Å². The van der Waals surface area contributed by atoms with Gasteiger partial charge in [0.25, 0.3) is 5.91 Å². The highest BCUT2D eigenvalue weighted by molar-refractivity contribution is 5.85. The zero-order valence-corrected chi connectivity index (χ0v) is 16.8. The Morgan fingerprint density at radius 1 is 1.24 bits per heavy atom. The van der Waals surface area contributed by atoms with Gasteiger partial charge in [-0.15, -0.1) is 5.10 Å². The van der Waals surface area contributed by atoms with Crippen LogP contribution in [-0.4, -0.2) is 43.4 Å². The van der Waals surface area contributed by atoms with Gasteiger partial charge in [0.15, 0.2) is 12.3 Å². The van der Waals surface area contributed by atoms with Crippen molar-refractivity contribution in [2.75, 3.05) is 13.2 Å².